The number of ether oxygens (including phenoxy) is 2. The van der Waals surface area contributed by atoms with Crippen molar-refractivity contribution < 1.29 is 14.3 Å². The number of morpholine rings is 1. The average Bonchev–Trinajstić information content (AvgIpc) is 2.39. The van der Waals surface area contributed by atoms with E-state index in [4.69, 9.17) is 9.47 Å². The first-order valence-corrected chi connectivity index (χ1v) is 6.75. The van der Waals surface area contributed by atoms with Gasteiger partial charge in [-0.05, 0) is 6.07 Å². The van der Waals surface area contributed by atoms with Gasteiger partial charge in [-0.25, -0.2) is 0 Å². The highest BCUT2D eigenvalue weighted by Gasteiger charge is 2.17. The van der Waals surface area contributed by atoms with Crippen LogP contribution in [-0.4, -0.2) is 31.8 Å². The summed E-state index contributed by atoms with van der Waals surface area (Å²) in [6.45, 7) is 2.38. The predicted octanol–water partition coefficient (Wildman–Crippen LogP) is 1.87. The molecule has 1 heterocycles. The summed E-state index contributed by atoms with van der Waals surface area (Å²) in [5.41, 5.74) is 0.971. The van der Waals surface area contributed by atoms with Crippen molar-refractivity contribution in [3.63, 3.8) is 0 Å². The van der Waals surface area contributed by atoms with Crippen LogP contribution in [0.25, 0.3) is 0 Å². The van der Waals surface area contributed by atoms with E-state index in [9.17, 15) is 4.79 Å². The third kappa shape index (κ3) is 4.08. The zero-order valence-corrected chi connectivity index (χ0v) is 11.6. The summed E-state index contributed by atoms with van der Waals surface area (Å²) in [4.78, 5) is 11.7. The quantitative estimate of drug-likeness (QED) is 0.862. The van der Waals surface area contributed by atoms with Crippen LogP contribution >= 0.6 is 15.9 Å². The molecular weight excluding hydrogens is 298 g/mol. The molecule has 1 N–H and O–H groups in total. The molecule has 2 rings (SSSR count). The molecule has 0 bridgehead atoms. The predicted molar refractivity (Wildman–Crippen MR) is 71.2 cm³/mol. The molecule has 1 saturated heterocycles. The zero-order valence-electron chi connectivity index (χ0n) is 10.0. The number of carbonyl (C=O) groups excluding carboxylic acids is 1. The van der Waals surface area contributed by atoms with Crippen molar-refractivity contribution in [2.45, 2.75) is 19.1 Å². The third-order valence-corrected chi connectivity index (χ3v) is 3.53. The van der Waals surface area contributed by atoms with Gasteiger partial charge in [0.25, 0.3) is 0 Å². The molecule has 1 aromatic rings. The molecule has 1 fully saturated rings. The van der Waals surface area contributed by atoms with Crippen molar-refractivity contribution in [1.82, 2.24) is 5.32 Å². The Hall–Kier alpha value is -0.910. The lowest BCUT2D eigenvalue weighted by atomic mass is 10.2. The minimum absolute atomic E-state index is 0.0745. The second kappa shape index (κ2) is 6.87. The summed E-state index contributed by atoms with van der Waals surface area (Å²) in [6, 6.07) is 7.79. The number of benzene rings is 1. The monoisotopic (exact) mass is 313 g/mol. The van der Waals surface area contributed by atoms with Crippen LogP contribution in [0.2, 0.25) is 0 Å². The fourth-order valence-corrected chi connectivity index (χ4v) is 2.18. The maximum absolute atomic E-state index is 11.7. The number of nitrogens with one attached hydrogen (secondary N) is 1. The SMILES string of the molecule is O=C(CC1COCCN1)OCc1ccccc1Br. The van der Waals surface area contributed by atoms with Crippen LogP contribution in [-0.2, 0) is 20.9 Å². The Kier molecular flexibility index (Phi) is 5.16. The molecule has 5 heteroatoms. The van der Waals surface area contributed by atoms with Gasteiger partial charge in [0.15, 0.2) is 0 Å². The van der Waals surface area contributed by atoms with Gasteiger partial charge in [0.1, 0.15) is 6.61 Å². The largest absolute Gasteiger partial charge is 0.461 e. The second-order valence-corrected chi connectivity index (χ2v) is 5.04. The lowest BCUT2D eigenvalue weighted by Crippen LogP contribution is -2.42. The smallest absolute Gasteiger partial charge is 0.307 e. The molecular formula is C13H16BrNO3. The third-order valence-electron chi connectivity index (χ3n) is 2.76. The van der Waals surface area contributed by atoms with Crippen molar-refractivity contribution in [1.29, 1.82) is 0 Å². The molecule has 0 spiro atoms. The molecule has 18 heavy (non-hydrogen) atoms. The van der Waals surface area contributed by atoms with E-state index >= 15 is 0 Å². The first-order chi connectivity index (χ1) is 8.75. The van der Waals surface area contributed by atoms with E-state index in [1.807, 2.05) is 24.3 Å². The van der Waals surface area contributed by atoms with E-state index in [1.165, 1.54) is 0 Å². The lowest BCUT2D eigenvalue weighted by molar-refractivity contribution is -0.146. The van der Waals surface area contributed by atoms with Gasteiger partial charge in [-0.3, -0.25) is 4.79 Å². The number of hydrogen-bond donors (Lipinski definition) is 1. The molecule has 1 aliphatic rings. The summed E-state index contributed by atoms with van der Waals surface area (Å²) >= 11 is 3.42. The zero-order chi connectivity index (χ0) is 12.8. The lowest BCUT2D eigenvalue weighted by Gasteiger charge is -2.22. The maximum atomic E-state index is 11.7. The Morgan fingerprint density at radius 2 is 2.33 bits per heavy atom. The summed E-state index contributed by atoms with van der Waals surface area (Å²) < 4.78 is 11.5. The van der Waals surface area contributed by atoms with Crippen LogP contribution in [0.3, 0.4) is 0 Å². The van der Waals surface area contributed by atoms with Gasteiger partial charge < -0.3 is 14.8 Å². The first kappa shape index (κ1) is 13.5. The Labute approximate surface area is 115 Å². The van der Waals surface area contributed by atoms with Crippen LogP contribution in [0.1, 0.15) is 12.0 Å². The number of halogens is 1. The van der Waals surface area contributed by atoms with Gasteiger partial charge in [0.2, 0.25) is 0 Å². The minimum atomic E-state index is -0.200. The van der Waals surface area contributed by atoms with Crippen molar-refractivity contribution in [2.24, 2.45) is 0 Å². The molecule has 4 nitrogen and oxygen atoms in total. The molecule has 0 aromatic heterocycles. The summed E-state index contributed by atoms with van der Waals surface area (Å²) in [5, 5.41) is 3.22. The fourth-order valence-electron chi connectivity index (χ4n) is 1.78. The molecule has 1 unspecified atom stereocenters. The molecule has 1 atom stereocenters. The first-order valence-electron chi connectivity index (χ1n) is 5.96. The molecule has 0 amide bonds. The van der Waals surface area contributed by atoms with Gasteiger partial charge in [-0.2, -0.15) is 0 Å². The number of rotatable bonds is 4. The molecule has 0 aliphatic carbocycles. The van der Waals surface area contributed by atoms with E-state index in [1.54, 1.807) is 0 Å². The van der Waals surface area contributed by atoms with Gasteiger partial charge in [-0.1, -0.05) is 34.1 Å². The highest BCUT2D eigenvalue weighted by molar-refractivity contribution is 9.10. The van der Waals surface area contributed by atoms with E-state index < -0.39 is 0 Å². The highest BCUT2D eigenvalue weighted by atomic mass is 79.9. The Balaban J connectivity index is 1.76. The van der Waals surface area contributed by atoms with Gasteiger partial charge in [-0.15, -0.1) is 0 Å². The van der Waals surface area contributed by atoms with E-state index in [-0.39, 0.29) is 12.0 Å². The van der Waals surface area contributed by atoms with Crippen LogP contribution in [0.5, 0.6) is 0 Å². The van der Waals surface area contributed by atoms with Crippen molar-refractivity contribution >= 4 is 21.9 Å². The number of carbonyl (C=O) groups is 1. The fraction of sp³-hybridized carbons (Fsp3) is 0.462. The molecule has 1 aliphatic heterocycles. The Bertz CT molecular complexity index is 405. The van der Waals surface area contributed by atoms with E-state index in [0.29, 0.717) is 26.2 Å². The Morgan fingerprint density at radius 1 is 1.50 bits per heavy atom. The standard InChI is InChI=1S/C13H16BrNO3/c14-12-4-2-1-3-10(12)8-18-13(16)7-11-9-17-6-5-15-11/h1-4,11,15H,5-9H2. The minimum Gasteiger partial charge on any atom is -0.461 e. The van der Waals surface area contributed by atoms with E-state index in [0.717, 1.165) is 16.6 Å². The van der Waals surface area contributed by atoms with Crippen molar-refractivity contribution in [3.05, 3.63) is 34.3 Å². The van der Waals surface area contributed by atoms with Crippen LogP contribution in [0, 0.1) is 0 Å². The summed E-state index contributed by atoms with van der Waals surface area (Å²) in [7, 11) is 0. The van der Waals surface area contributed by atoms with Gasteiger partial charge >= 0.3 is 5.97 Å². The number of esters is 1. The van der Waals surface area contributed by atoms with Gasteiger partial charge in [0, 0.05) is 22.6 Å². The molecule has 1 aromatic carbocycles. The normalized spacial score (nSPS) is 19.5. The van der Waals surface area contributed by atoms with Crippen molar-refractivity contribution in [2.75, 3.05) is 19.8 Å². The Morgan fingerprint density at radius 3 is 3.06 bits per heavy atom. The molecule has 0 saturated carbocycles. The average molecular weight is 314 g/mol. The summed E-state index contributed by atoms with van der Waals surface area (Å²) in [6.07, 6.45) is 0.352. The topological polar surface area (TPSA) is 47.6 Å². The van der Waals surface area contributed by atoms with E-state index in [2.05, 4.69) is 21.2 Å². The van der Waals surface area contributed by atoms with Crippen LogP contribution in [0.4, 0.5) is 0 Å². The molecule has 98 valence electrons. The van der Waals surface area contributed by atoms with Crippen LogP contribution < -0.4 is 5.32 Å². The second-order valence-electron chi connectivity index (χ2n) is 4.18. The summed E-state index contributed by atoms with van der Waals surface area (Å²) in [5.74, 6) is -0.200. The van der Waals surface area contributed by atoms with Gasteiger partial charge in [0.05, 0.1) is 19.6 Å². The van der Waals surface area contributed by atoms with Crippen LogP contribution in [0.15, 0.2) is 28.7 Å². The number of hydrogen-bond acceptors (Lipinski definition) is 4. The highest BCUT2D eigenvalue weighted by Crippen LogP contribution is 2.16. The van der Waals surface area contributed by atoms with Crippen molar-refractivity contribution in [3.8, 4) is 0 Å². The maximum Gasteiger partial charge on any atom is 0.307 e. The molecule has 0 radical (unpaired) electrons.